The van der Waals surface area contributed by atoms with Crippen molar-refractivity contribution in [2.24, 2.45) is 17.8 Å². The quantitative estimate of drug-likeness (QED) is 0.218. The summed E-state index contributed by atoms with van der Waals surface area (Å²) in [5.74, 6) is 0.827. The first-order valence-electron chi connectivity index (χ1n) is 11.5. The molecule has 0 bridgehead atoms. The Balaban J connectivity index is 1.67. The van der Waals surface area contributed by atoms with E-state index in [1.54, 1.807) is 0 Å². The van der Waals surface area contributed by atoms with E-state index in [4.69, 9.17) is 17.7 Å². The number of aliphatic hydroxyl groups is 2. The number of nitrogens with zero attached hydrogens (tertiary/aromatic N) is 1. The van der Waals surface area contributed by atoms with E-state index < -0.39 is 6.23 Å². The maximum absolute atomic E-state index is 10.8. The van der Waals surface area contributed by atoms with Crippen molar-refractivity contribution in [3.63, 3.8) is 0 Å². The highest BCUT2D eigenvalue weighted by Crippen LogP contribution is 2.44. The van der Waals surface area contributed by atoms with Crippen molar-refractivity contribution >= 4 is 12.6 Å². The van der Waals surface area contributed by atoms with Gasteiger partial charge in [0, 0.05) is 48.4 Å². The summed E-state index contributed by atoms with van der Waals surface area (Å²) >= 11 is 4.95. The van der Waals surface area contributed by atoms with Gasteiger partial charge in [-0.3, -0.25) is 16.0 Å². The molecule has 170 valence electrons. The topological polar surface area (TPSA) is 91.8 Å². The molecule has 0 amide bonds. The summed E-state index contributed by atoms with van der Waals surface area (Å²) in [5.41, 5.74) is 0. The summed E-state index contributed by atoms with van der Waals surface area (Å²) < 4.78 is 0. The van der Waals surface area contributed by atoms with Gasteiger partial charge in [-0.15, -0.1) is 0 Å². The maximum Gasteiger partial charge on any atom is 0.108 e. The van der Waals surface area contributed by atoms with E-state index in [9.17, 15) is 5.11 Å². The summed E-state index contributed by atoms with van der Waals surface area (Å²) in [6.45, 7) is 3.55. The number of hydrogen-bond acceptors (Lipinski definition) is 8. The van der Waals surface area contributed by atoms with Crippen LogP contribution in [-0.2, 0) is 0 Å². The van der Waals surface area contributed by atoms with Crippen molar-refractivity contribution in [3.8, 4) is 0 Å². The lowest BCUT2D eigenvalue weighted by Gasteiger charge is -2.47. The molecule has 0 aromatic carbocycles. The third kappa shape index (κ3) is 5.86. The van der Waals surface area contributed by atoms with Crippen LogP contribution in [0.4, 0.5) is 0 Å². The van der Waals surface area contributed by atoms with Crippen LogP contribution in [-0.4, -0.2) is 84.8 Å². The zero-order valence-electron chi connectivity index (χ0n) is 18.3. The molecule has 0 radical (unpaired) electrons. The number of rotatable bonds is 8. The second-order valence-electron chi connectivity index (χ2n) is 9.57. The molecule has 0 spiro atoms. The predicted molar refractivity (Wildman–Crippen MR) is 121 cm³/mol. The monoisotopic (exact) mass is 429 g/mol. The van der Waals surface area contributed by atoms with Gasteiger partial charge >= 0.3 is 0 Å². The van der Waals surface area contributed by atoms with Gasteiger partial charge in [-0.2, -0.15) is 12.6 Å². The predicted octanol–water partition coefficient (Wildman–Crippen LogP) is 0.155. The van der Waals surface area contributed by atoms with E-state index in [0.717, 1.165) is 19.5 Å². The van der Waals surface area contributed by atoms with Crippen molar-refractivity contribution in [1.29, 1.82) is 0 Å². The molecule has 7 atom stereocenters. The van der Waals surface area contributed by atoms with Crippen LogP contribution in [0.25, 0.3) is 0 Å². The first-order chi connectivity index (χ1) is 13.9. The summed E-state index contributed by atoms with van der Waals surface area (Å²) in [6.07, 6.45) is 6.58. The number of nitrogens with one attached hydrogen (secondary N) is 4. The largest absolute Gasteiger partial charge is 0.395 e. The molecule has 0 aromatic rings. The van der Waals surface area contributed by atoms with E-state index >= 15 is 0 Å². The maximum atomic E-state index is 10.8. The normalized spacial score (nSPS) is 42.3. The Hall–Kier alpha value is 0.0700. The average Bonchev–Trinajstić information content (AvgIpc) is 3.08. The van der Waals surface area contributed by atoms with Crippen LogP contribution >= 0.6 is 12.6 Å². The molecular weight excluding hydrogens is 386 g/mol. The first kappa shape index (κ1) is 23.7. The van der Waals surface area contributed by atoms with Gasteiger partial charge in [0.2, 0.25) is 0 Å². The minimum atomic E-state index is -0.588. The number of thiol groups is 1. The second-order valence-corrected chi connectivity index (χ2v) is 10.2. The third-order valence-electron chi connectivity index (χ3n) is 7.60. The van der Waals surface area contributed by atoms with Crippen LogP contribution in [0.15, 0.2) is 0 Å². The van der Waals surface area contributed by atoms with Gasteiger partial charge in [0.15, 0.2) is 0 Å². The Kier molecular flexibility index (Phi) is 9.07. The van der Waals surface area contributed by atoms with Crippen LogP contribution < -0.4 is 21.3 Å². The van der Waals surface area contributed by atoms with Gasteiger partial charge in [0.05, 0.1) is 12.8 Å². The highest BCUT2D eigenvalue weighted by atomic mass is 32.1. The summed E-state index contributed by atoms with van der Waals surface area (Å²) in [6, 6.07) is 1.61. The lowest BCUT2D eigenvalue weighted by molar-refractivity contribution is 0.0120. The molecule has 1 heterocycles. The highest BCUT2D eigenvalue weighted by molar-refractivity contribution is 7.81. The summed E-state index contributed by atoms with van der Waals surface area (Å²) in [4.78, 5) is 2.36. The van der Waals surface area contributed by atoms with Crippen LogP contribution in [0, 0.1) is 17.8 Å². The zero-order chi connectivity index (χ0) is 21.0. The molecule has 7 nitrogen and oxygen atoms in total. The van der Waals surface area contributed by atoms with Crippen LogP contribution in [0.2, 0.25) is 0 Å². The van der Waals surface area contributed by atoms with Crippen LogP contribution in [0.3, 0.4) is 0 Å². The van der Waals surface area contributed by atoms with Gasteiger partial charge in [-0.1, -0.05) is 0 Å². The molecule has 6 N–H and O–H groups in total. The fourth-order valence-electron chi connectivity index (χ4n) is 5.94. The molecule has 8 heteroatoms. The van der Waals surface area contributed by atoms with Gasteiger partial charge in [-0.05, 0) is 65.5 Å². The Morgan fingerprint density at radius 1 is 1.07 bits per heavy atom. The van der Waals surface area contributed by atoms with Gasteiger partial charge in [0.25, 0.3) is 0 Å². The average molecular weight is 430 g/mol. The Bertz CT molecular complexity index is 492. The molecular formula is C21H43N5O2S. The van der Waals surface area contributed by atoms with Crippen molar-refractivity contribution in [2.75, 3.05) is 33.9 Å². The smallest absolute Gasteiger partial charge is 0.108 e. The minimum absolute atomic E-state index is 0.0432. The molecule has 1 saturated heterocycles. The van der Waals surface area contributed by atoms with E-state index in [0.29, 0.717) is 36.5 Å². The second kappa shape index (κ2) is 11.1. The third-order valence-corrected chi connectivity index (χ3v) is 8.20. The van der Waals surface area contributed by atoms with Crippen molar-refractivity contribution in [2.45, 2.75) is 81.2 Å². The Morgan fingerprint density at radius 3 is 2.45 bits per heavy atom. The summed E-state index contributed by atoms with van der Waals surface area (Å²) in [7, 11) is 4.38. The lowest BCUT2D eigenvalue weighted by atomic mass is 9.75. The van der Waals surface area contributed by atoms with Gasteiger partial charge in [-0.25, -0.2) is 0 Å². The zero-order valence-corrected chi connectivity index (χ0v) is 19.2. The van der Waals surface area contributed by atoms with E-state index in [1.807, 2.05) is 0 Å². The fourth-order valence-corrected chi connectivity index (χ4v) is 6.51. The standard InChI is InChI=1S/C21H43N5O2S/c1-13-18(19-16(8-9-17(19)29)21(28)22-10-11-27)20(24-12-23-13)25-14-4-6-15(7-5-14)26(2)3/h13-25,27-29H,4-12H2,1-3H3. The van der Waals surface area contributed by atoms with Crippen molar-refractivity contribution < 1.29 is 10.2 Å². The number of aliphatic hydroxyl groups excluding tert-OH is 2. The first-order valence-corrected chi connectivity index (χ1v) is 12.0. The van der Waals surface area contributed by atoms with Crippen molar-refractivity contribution in [1.82, 2.24) is 26.2 Å². The Morgan fingerprint density at radius 2 is 1.79 bits per heavy atom. The lowest BCUT2D eigenvalue weighted by Crippen LogP contribution is -2.66. The van der Waals surface area contributed by atoms with Gasteiger partial charge in [0.1, 0.15) is 6.23 Å². The number of hydrogen-bond donors (Lipinski definition) is 7. The molecule has 3 aliphatic rings. The molecule has 3 fully saturated rings. The summed E-state index contributed by atoms with van der Waals surface area (Å²) in [5, 5.41) is 34.5. The van der Waals surface area contributed by atoms with E-state index in [1.165, 1.54) is 25.7 Å². The van der Waals surface area contributed by atoms with E-state index in [-0.39, 0.29) is 23.9 Å². The molecule has 2 saturated carbocycles. The fraction of sp³-hybridized carbons (Fsp3) is 1.00. The molecule has 1 aliphatic heterocycles. The van der Waals surface area contributed by atoms with Crippen LogP contribution in [0.5, 0.6) is 0 Å². The molecule has 0 aromatic heterocycles. The van der Waals surface area contributed by atoms with E-state index in [2.05, 4.69) is 47.2 Å². The molecule has 2 aliphatic carbocycles. The van der Waals surface area contributed by atoms with Crippen molar-refractivity contribution in [3.05, 3.63) is 0 Å². The van der Waals surface area contributed by atoms with Crippen LogP contribution in [0.1, 0.15) is 45.4 Å². The molecule has 3 rings (SSSR count). The Labute approximate surface area is 182 Å². The minimum Gasteiger partial charge on any atom is -0.395 e. The SMILES string of the molecule is CC1NCNC(NC2CCC(N(C)C)CC2)C1C1C(S)CCC1C(O)NCCO. The molecule has 29 heavy (non-hydrogen) atoms. The molecule has 7 unspecified atom stereocenters. The van der Waals surface area contributed by atoms with Gasteiger partial charge < -0.3 is 20.4 Å². The highest BCUT2D eigenvalue weighted by Gasteiger charge is 2.48.